The number of thioether (sulfide) groups is 1. The molecule has 0 radical (unpaired) electrons. The van der Waals surface area contributed by atoms with Crippen LogP contribution < -0.4 is 0 Å². The zero-order valence-corrected chi connectivity index (χ0v) is 11.2. The summed E-state index contributed by atoms with van der Waals surface area (Å²) < 4.78 is 5.02. The summed E-state index contributed by atoms with van der Waals surface area (Å²) in [5.41, 5.74) is 0. The number of nitrogens with zero attached hydrogens (tertiary/aromatic N) is 1. The number of rotatable bonds is 6. The normalized spacial score (nSPS) is 21.0. The fraction of sp³-hybridized carbons (Fsp3) is 0.615. The Morgan fingerprint density at radius 3 is 3.22 bits per heavy atom. The average Bonchev–Trinajstić information content (AvgIpc) is 2.82. The minimum Gasteiger partial charge on any atom is -0.481 e. The number of aliphatic carboxylic acids is 1. The Labute approximate surface area is 111 Å². The Kier molecular flexibility index (Phi) is 5.13. The summed E-state index contributed by atoms with van der Waals surface area (Å²) in [5, 5.41) is 8.82. The highest BCUT2D eigenvalue weighted by Gasteiger charge is 2.21. The van der Waals surface area contributed by atoms with Crippen LogP contribution in [-0.2, 0) is 4.79 Å². The summed E-state index contributed by atoms with van der Waals surface area (Å²) in [6, 6.07) is 1.97. The first kappa shape index (κ1) is 13.5. The predicted molar refractivity (Wildman–Crippen MR) is 70.8 cm³/mol. The van der Waals surface area contributed by atoms with E-state index in [0.29, 0.717) is 12.3 Å². The maximum absolute atomic E-state index is 10.7. The van der Waals surface area contributed by atoms with Crippen molar-refractivity contribution in [3.8, 4) is 0 Å². The van der Waals surface area contributed by atoms with Crippen LogP contribution in [0.2, 0.25) is 0 Å². The highest BCUT2D eigenvalue weighted by Crippen LogP contribution is 2.22. The molecule has 0 spiro atoms. The van der Waals surface area contributed by atoms with E-state index < -0.39 is 5.97 Å². The third kappa shape index (κ3) is 4.38. The van der Waals surface area contributed by atoms with E-state index in [1.807, 2.05) is 6.07 Å². The SMILES string of the molecule is O=C(O)CC1CCCN(CCSc2ccoc2)C1. The summed E-state index contributed by atoms with van der Waals surface area (Å²) in [6.45, 7) is 3.05. The summed E-state index contributed by atoms with van der Waals surface area (Å²) in [6.07, 6.45) is 5.93. The molecule has 1 aromatic rings. The van der Waals surface area contributed by atoms with Gasteiger partial charge in [0, 0.05) is 30.2 Å². The van der Waals surface area contributed by atoms with Gasteiger partial charge in [-0.1, -0.05) is 0 Å². The summed E-state index contributed by atoms with van der Waals surface area (Å²) in [4.78, 5) is 14.3. The molecule has 2 rings (SSSR count). The molecule has 1 fully saturated rings. The van der Waals surface area contributed by atoms with Gasteiger partial charge in [0.2, 0.25) is 0 Å². The van der Waals surface area contributed by atoms with Gasteiger partial charge in [-0.2, -0.15) is 0 Å². The highest BCUT2D eigenvalue weighted by atomic mass is 32.2. The van der Waals surface area contributed by atoms with Gasteiger partial charge in [-0.05, 0) is 31.4 Å². The molecule has 5 heteroatoms. The van der Waals surface area contributed by atoms with Crippen LogP contribution in [0.15, 0.2) is 27.9 Å². The molecule has 1 aromatic heterocycles. The summed E-state index contributed by atoms with van der Waals surface area (Å²) in [7, 11) is 0. The van der Waals surface area contributed by atoms with Crippen LogP contribution in [0.5, 0.6) is 0 Å². The van der Waals surface area contributed by atoms with Crippen molar-refractivity contribution in [1.82, 2.24) is 4.90 Å². The van der Waals surface area contributed by atoms with Gasteiger partial charge in [-0.15, -0.1) is 11.8 Å². The second-order valence-electron chi connectivity index (χ2n) is 4.71. The molecule has 100 valence electrons. The summed E-state index contributed by atoms with van der Waals surface area (Å²) in [5.74, 6) is 0.684. The zero-order valence-electron chi connectivity index (χ0n) is 10.4. The second kappa shape index (κ2) is 6.85. The van der Waals surface area contributed by atoms with Gasteiger partial charge < -0.3 is 14.4 Å². The number of piperidine rings is 1. The van der Waals surface area contributed by atoms with Crippen molar-refractivity contribution < 1.29 is 14.3 Å². The molecule has 4 nitrogen and oxygen atoms in total. The predicted octanol–water partition coefficient (Wildman–Crippen LogP) is 2.56. The Bertz CT molecular complexity index is 366. The van der Waals surface area contributed by atoms with Crippen LogP contribution in [0.1, 0.15) is 19.3 Å². The lowest BCUT2D eigenvalue weighted by Crippen LogP contribution is -2.37. The minimum atomic E-state index is -0.672. The Balaban J connectivity index is 1.67. The molecule has 2 heterocycles. The van der Waals surface area contributed by atoms with Gasteiger partial charge in [-0.25, -0.2) is 0 Å². The van der Waals surface area contributed by atoms with Gasteiger partial charge in [0.25, 0.3) is 0 Å². The van der Waals surface area contributed by atoms with E-state index in [1.165, 1.54) is 0 Å². The molecule has 1 aliphatic rings. The van der Waals surface area contributed by atoms with Crippen LogP contribution in [0, 0.1) is 5.92 Å². The Morgan fingerprint density at radius 2 is 2.50 bits per heavy atom. The molecule has 0 bridgehead atoms. The topological polar surface area (TPSA) is 53.7 Å². The van der Waals surface area contributed by atoms with Crippen molar-refractivity contribution in [2.45, 2.75) is 24.2 Å². The van der Waals surface area contributed by atoms with E-state index in [0.717, 1.165) is 43.1 Å². The highest BCUT2D eigenvalue weighted by molar-refractivity contribution is 7.99. The van der Waals surface area contributed by atoms with Crippen LogP contribution >= 0.6 is 11.8 Å². The molecular weight excluding hydrogens is 250 g/mol. The smallest absolute Gasteiger partial charge is 0.303 e. The van der Waals surface area contributed by atoms with E-state index >= 15 is 0 Å². The molecule has 0 amide bonds. The monoisotopic (exact) mass is 269 g/mol. The molecule has 18 heavy (non-hydrogen) atoms. The first-order valence-corrected chi connectivity index (χ1v) is 7.32. The minimum absolute atomic E-state index is 0.311. The number of hydrogen-bond acceptors (Lipinski definition) is 4. The Hall–Kier alpha value is -0.940. The molecule has 1 atom stereocenters. The third-order valence-electron chi connectivity index (χ3n) is 3.24. The van der Waals surface area contributed by atoms with Crippen molar-refractivity contribution >= 4 is 17.7 Å². The largest absolute Gasteiger partial charge is 0.481 e. The van der Waals surface area contributed by atoms with E-state index in [9.17, 15) is 4.79 Å². The molecular formula is C13H19NO3S. The first-order valence-electron chi connectivity index (χ1n) is 6.33. The lowest BCUT2D eigenvalue weighted by atomic mass is 9.95. The lowest BCUT2D eigenvalue weighted by Gasteiger charge is -2.31. The first-order chi connectivity index (χ1) is 8.74. The molecule has 0 aliphatic carbocycles. The molecule has 0 aromatic carbocycles. The van der Waals surface area contributed by atoms with E-state index in [1.54, 1.807) is 24.3 Å². The molecule has 1 N–H and O–H groups in total. The van der Waals surface area contributed by atoms with Crippen LogP contribution in [0.25, 0.3) is 0 Å². The molecule has 1 aliphatic heterocycles. The summed E-state index contributed by atoms with van der Waals surface area (Å²) >= 11 is 1.78. The van der Waals surface area contributed by atoms with Gasteiger partial charge in [0.15, 0.2) is 0 Å². The molecule has 1 unspecified atom stereocenters. The maximum Gasteiger partial charge on any atom is 0.303 e. The number of hydrogen-bond donors (Lipinski definition) is 1. The van der Waals surface area contributed by atoms with Crippen LogP contribution in [0.4, 0.5) is 0 Å². The van der Waals surface area contributed by atoms with Gasteiger partial charge in [0.05, 0.1) is 6.26 Å². The average molecular weight is 269 g/mol. The van der Waals surface area contributed by atoms with Crippen molar-refractivity contribution in [3.05, 3.63) is 18.6 Å². The number of carboxylic acid groups (broad SMARTS) is 1. The third-order valence-corrected chi connectivity index (χ3v) is 4.19. The number of carboxylic acids is 1. The van der Waals surface area contributed by atoms with Crippen molar-refractivity contribution in [2.75, 3.05) is 25.4 Å². The number of carbonyl (C=O) groups is 1. The van der Waals surface area contributed by atoms with E-state index in [4.69, 9.17) is 9.52 Å². The Morgan fingerprint density at radius 1 is 1.61 bits per heavy atom. The lowest BCUT2D eigenvalue weighted by molar-refractivity contribution is -0.138. The van der Waals surface area contributed by atoms with Crippen molar-refractivity contribution in [2.24, 2.45) is 5.92 Å². The van der Waals surface area contributed by atoms with Crippen molar-refractivity contribution in [1.29, 1.82) is 0 Å². The maximum atomic E-state index is 10.7. The number of furan rings is 1. The quantitative estimate of drug-likeness (QED) is 0.804. The molecule has 1 saturated heterocycles. The van der Waals surface area contributed by atoms with Crippen LogP contribution in [-0.4, -0.2) is 41.4 Å². The zero-order chi connectivity index (χ0) is 12.8. The van der Waals surface area contributed by atoms with Gasteiger partial charge >= 0.3 is 5.97 Å². The standard InChI is InChI=1S/C13H19NO3S/c15-13(16)8-11-2-1-4-14(9-11)5-7-18-12-3-6-17-10-12/h3,6,10-11H,1-2,4-5,7-9H2,(H,15,16). The van der Waals surface area contributed by atoms with Crippen molar-refractivity contribution in [3.63, 3.8) is 0 Å². The van der Waals surface area contributed by atoms with Gasteiger partial charge in [0.1, 0.15) is 6.26 Å². The van der Waals surface area contributed by atoms with E-state index in [-0.39, 0.29) is 0 Å². The fourth-order valence-corrected chi connectivity index (χ4v) is 3.26. The fourth-order valence-electron chi connectivity index (χ4n) is 2.39. The molecule has 0 saturated carbocycles. The second-order valence-corrected chi connectivity index (χ2v) is 5.88. The van der Waals surface area contributed by atoms with Gasteiger partial charge in [-0.3, -0.25) is 4.79 Å². The van der Waals surface area contributed by atoms with Crippen LogP contribution in [0.3, 0.4) is 0 Å². The van der Waals surface area contributed by atoms with E-state index in [2.05, 4.69) is 4.90 Å². The number of likely N-dealkylation sites (tertiary alicyclic amines) is 1.